The number of rotatable bonds is 4. The van der Waals surface area contributed by atoms with Gasteiger partial charge in [-0.15, -0.1) is 0 Å². The van der Waals surface area contributed by atoms with Crippen molar-refractivity contribution >= 4 is 21.6 Å². The molecule has 1 amide bonds. The fraction of sp³-hybridized carbons (Fsp3) is 0.304. The molecule has 0 unspecified atom stereocenters. The van der Waals surface area contributed by atoms with Crippen LogP contribution in [0.4, 0.5) is 10.1 Å². The van der Waals surface area contributed by atoms with E-state index in [2.05, 4.69) is 5.10 Å². The molecule has 2 aliphatic heterocycles. The number of halogens is 1. The largest absolute Gasteiger partial charge is 0.307 e. The Hall–Kier alpha value is -3.04. The Morgan fingerprint density at radius 3 is 2.56 bits per heavy atom. The first-order valence-electron chi connectivity index (χ1n) is 10.7. The van der Waals surface area contributed by atoms with Crippen molar-refractivity contribution in [3.05, 3.63) is 71.8 Å². The van der Waals surface area contributed by atoms with Crippen molar-refractivity contribution in [2.75, 3.05) is 24.5 Å². The molecule has 2 aliphatic rings. The summed E-state index contributed by atoms with van der Waals surface area (Å²) in [6.07, 6.45) is 4.83. The number of aryl methyl sites for hydroxylation is 1. The number of sulfonamides is 1. The number of aromatic nitrogens is 2. The summed E-state index contributed by atoms with van der Waals surface area (Å²) in [5.41, 5.74) is 2.33. The second-order valence-corrected chi connectivity index (χ2v) is 10.0. The molecule has 1 aromatic heterocycles. The molecule has 0 aliphatic carbocycles. The maximum atomic E-state index is 13.5. The van der Waals surface area contributed by atoms with Crippen LogP contribution in [0.25, 0.3) is 5.69 Å². The van der Waals surface area contributed by atoms with E-state index in [4.69, 9.17) is 0 Å². The van der Waals surface area contributed by atoms with E-state index in [0.29, 0.717) is 37.4 Å². The van der Waals surface area contributed by atoms with Crippen LogP contribution in [-0.4, -0.2) is 48.0 Å². The van der Waals surface area contributed by atoms with E-state index in [0.717, 1.165) is 24.8 Å². The molecule has 9 heteroatoms. The van der Waals surface area contributed by atoms with E-state index in [1.165, 1.54) is 21.1 Å². The van der Waals surface area contributed by atoms with Crippen molar-refractivity contribution in [1.82, 2.24) is 14.1 Å². The molecular formula is C23H23FN4O3S. The molecule has 0 saturated carbocycles. The first kappa shape index (κ1) is 20.8. The van der Waals surface area contributed by atoms with Crippen LogP contribution in [0.1, 0.15) is 35.3 Å². The number of hydrogen-bond donors (Lipinski definition) is 0. The average Bonchev–Trinajstić information content (AvgIpc) is 3.51. The smallest absolute Gasteiger partial charge is 0.278 e. The second kappa shape index (κ2) is 8.14. The van der Waals surface area contributed by atoms with Gasteiger partial charge in [0.05, 0.1) is 10.6 Å². The van der Waals surface area contributed by atoms with E-state index < -0.39 is 10.0 Å². The van der Waals surface area contributed by atoms with Crippen molar-refractivity contribution in [2.45, 2.75) is 30.6 Å². The lowest BCUT2D eigenvalue weighted by molar-refractivity contribution is 0.0980. The van der Waals surface area contributed by atoms with E-state index in [9.17, 15) is 17.6 Å². The Morgan fingerprint density at radius 2 is 1.78 bits per heavy atom. The van der Waals surface area contributed by atoms with Crippen LogP contribution in [0.2, 0.25) is 0 Å². The van der Waals surface area contributed by atoms with Gasteiger partial charge >= 0.3 is 0 Å². The van der Waals surface area contributed by atoms with Gasteiger partial charge in [0, 0.05) is 31.5 Å². The molecule has 1 fully saturated rings. The first-order valence-corrected chi connectivity index (χ1v) is 12.1. The van der Waals surface area contributed by atoms with E-state index in [1.54, 1.807) is 47.5 Å². The third kappa shape index (κ3) is 3.71. The van der Waals surface area contributed by atoms with Gasteiger partial charge in [0.15, 0.2) is 5.69 Å². The summed E-state index contributed by atoms with van der Waals surface area (Å²) < 4.78 is 42.4. The van der Waals surface area contributed by atoms with Crippen molar-refractivity contribution in [1.29, 1.82) is 0 Å². The Kier molecular flexibility index (Phi) is 5.30. The highest BCUT2D eigenvalue weighted by molar-refractivity contribution is 7.89. The van der Waals surface area contributed by atoms with Gasteiger partial charge in [-0.05, 0) is 73.7 Å². The third-order valence-electron chi connectivity index (χ3n) is 6.00. The maximum absolute atomic E-state index is 13.5. The molecule has 166 valence electrons. The second-order valence-electron chi connectivity index (χ2n) is 8.09. The van der Waals surface area contributed by atoms with Crippen LogP contribution in [-0.2, 0) is 16.4 Å². The minimum absolute atomic E-state index is 0.246. The number of nitrogens with zero attached hydrogens (tertiary/aromatic N) is 4. The van der Waals surface area contributed by atoms with Crippen LogP contribution in [0, 0.1) is 5.82 Å². The quantitative estimate of drug-likeness (QED) is 0.606. The lowest BCUT2D eigenvalue weighted by atomic mass is 10.0. The van der Waals surface area contributed by atoms with Crippen molar-refractivity contribution in [2.24, 2.45) is 0 Å². The maximum Gasteiger partial charge on any atom is 0.278 e. The molecule has 0 radical (unpaired) electrons. The normalized spacial score (nSPS) is 16.8. The van der Waals surface area contributed by atoms with Crippen LogP contribution < -0.4 is 4.90 Å². The average molecular weight is 455 g/mol. The molecule has 1 saturated heterocycles. The molecule has 0 bridgehead atoms. The number of carbonyl (C=O) groups is 1. The Morgan fingerprint density at radius 1 is 0.969 bits per heavy atom. The highest BCUT2D eigenvalue weighted by Crippen LogP contribution is 2.32. The summed E-state index contributed by atoms with van der Waals surface area (Å²) in [4.78, 5) is 15.1. The summed E-state index contributed by atoms with van der Waals surface area (Å²) in [7, 11) is -3.51. The van der Waals surface area contributed by atoms with Gasteiger partial charge in [0.2, 0.25) is 10.0 Å². The zero-order valence-corrected chi connectivity index (χ0v) is 18.3. The Labute approximate surface area is 186 Å². The molecule has 3 heterocycles. The summed E-state index contributed by atoms with van der Waals surface area (Å²) in [5, 5.41) is 4.33. The van der Waals surface area contributed by atoms with Gasteiger partial charge in [-0.2, -0.15) is 9.40 Å². The Bertz CT molecular complexity index is 1280. The third-order valence-corrected chi connectivity index (χ3v) is 7.89. The monoisotopic (exact) mass is 454 g/mol. The summed E-state index contributed by atoms with van der Waals surface area (Å²) in [5.74, 6) is -0.647. The number of amides is 1. The number of fused-ring (bicyclic) bond motifs is 1. The number of carbonyl (C=O) groups excluding carboxylic acids is 1. The van der Waals surface area contributed by atoms with E-state index >= 15 is 0 Å². The van der Waals surface area contributed by atoms with Crippen LogP contribution in [0.15, 0.2) is 59.6 Å². The van der Waals surface area contributed by atoms with Crippen molar-refractivity contribution in [3.63, 3.8) is 0 Å². The number of anilines is 1. The standard InChI is InChI=1S/C23H23FN4O3S/c24-18-6-3-7-19(16-18)28-14-10-21(25-28)23(29)27-13-4-5-17-15-20(8-9-22(17)27)32(30,31)26-11-1-2-12-26/h3,6-10,14-16H,1-2,4-5,11-13H2. The lowest BCUT2D eigenvalue weighted by Crippen LogP contribution is -2.36. The molecule has 7 nitrogen and oxygen atoms in total. The topological polar surface area (TPSA) is 75.5 Å². The minimum atomic E-state index is -3.51. The fourth-order valence-electron chi connectivity index (χ4n) is 4.36. The zero-order valence-electron chi connectivity index (χ0n) is 17.4. The van der Waals surface area contributed by atoms with Gasteiger partial charge in [-0.25, -0.2) is 17.5 Å². The highest BCUT2D eigenvalue weighted by atomic mass is 32.2. The van der Waals surface area contributed by atoms with E-state index in [-0.39, 0.29) is 22.3 Å². The van der Waals surface area contributed by atoms with Crippen LogP contribution >= 0.6 is 0 Å². The number of benzene rings is 2. The van der Waals surface area contributed by atoms with Crippen molar-refractivity contribution in [3.8, 4) is 5.69 Å². The molecule has 2 aromatic carbocycles. The van der Waals surface area contributed by atoms with Crippen molar-refractivity contribution < 1.29 is 17.6 Å². The molecule has 0 spiro atoms. The Balaban J connectivity index is 1.42. The zero-order chi connectivity index (χ0) is 22.3. The first-order chi connectivity index (χ1) is 15.4. The van der Waals surface area contributed by atoms with Crippen LogP contribution in [0.5, 0.6) is 0 Å². The van der Waals surface area contributed by atoms with Gasteiger partial charge in [-0.3, -0.25) is 4.79 Å². The van der Waals surface area contributed by atoms with Crippen LogP contribution in [0.3, 0.4) is 0 Å². The number of hydrogen-bond acceptors (Lipinski definition) is 4. The highest BCUT2D eigenvalue weighted by Gasteiger charge is 2.30. The predicted octanol–water partition coefficient (Wildman–Crippen LogP) is 3.39. The molecule has 0 atom stereocenters. The fourth-order valence-corrected chi connectivity index (χ4v) is 5.93. The minimum Gasteiger partial charge on any atom is -0.307 e. The lowest BCUT2D eigenvalue weighted by Gasteiger charge is -2.29. The molecule has 32 heavy (non-hydrogen) atoms. The molecular weight excluding hydrogens is 431 g/mol. The van der Waals surface area contributed by atoms with Gasteiger partial charge < -0.3 is 4.90 Å². The summed E-state index contributed by atoms with van der Waals surface area (Å²) >= 11 is 0. The summed E-state index contributed by atoms with van der Waals surface area (Å²) in [6.45, 7) is 1.63. The predicted molar refractivity (Wildman–Crippen MR) is 118 cm³/mol. The molecule has 3 aromatic rings. The molecule has 0 N–H and O–H groups in total. The SMILES string of the molecule is O=C(c1ccn(-c2cccc(F)c2)n1)N1CCCc2cc(S(=O)(=O)N3CCCC3)ccc21. The van der Waals surface area contributed by atoms with Gasteiger partial charge in [-0.1, -0.05) is 6.07 Å². The van der Waals surface area contributed by atoms with Gasteiger partial charge in [0.25, 0.3) is 5.91 Å². The summed E-state index contributed by atoms with van der Waals surface area (Å²) in [6, 6.07) is 12.6. The van der Waals surface area contributed by atoms with Gasteiger partial charge in [0.1, 0.15) is 5.82 Å². The molecule has 5 rings (SSSR count). The van der Waals surface area contributed by atoms with E-state index in [1.807, 2.05) is 0 Å².